The molecular weight excluding hydrogens is 436 g/mol. The molecule has 186 valence electrons. The zero-order valence-corrected chi connectivity index (χ0v) is 20.8. The molecule has 3 rings (SSSR count). The first-order chi connectivity index (χ1) is 17.2. The third-order valence-corrected chi connectivity index (χ3v) is 5.70. The number of unbranched alkanes of at least 4 members (excludes halogenated alkanes) is 4. The number of benzene rings is 3. The van der Waals surface area contributed by atoms with Gasteiger partial charge >= 0.3 is 0 Å². The van der Waals surface area contributed by atoms with E-state index in [0.29, 0.717) is 18.0 Å². The van der Waals surface area contributed by atoms with Gasteiger partial charge in [0, 0.05) is 5.69 Å². The van der Waals surface area contributed by atoms with Crippen molar-refractivity contribution in [2.45, 2.75) is 51.9 Å². The van der Waals surface area contributed by atoms with Crippen LogP contribution in [0.5, 0.6) is 11.5 Å². The number of para-hydroxylation sites is 2. The van der Waals surface area contributed by atoms with Gasteiger partial charge in [0.15, 0.2) is 0 Å². The molecule has 3 aromatic carbocycles. The highest BCUT2D eigenvalue weighted by Gasteiger charge is 2.08. The second-order valence-electron chi connectivity index (χ2n) is 8.62. The first-order valence-electron chi connectivity index (χ1n) is 12.8. The average Bonchev–Trinajstić information content (AvgIpc) is 2.89. The van der Waals surface area contributed by atoms with Crippen molar-refractivity contribution in [1.82, 2.24) is 0 Å². The first-order valence-corrected chi connectivity index (χ1v) is 12.8. The Balaban J connectivity index is 1.37. The summed E-state index contributed by atoms with van der Waals surface area (Å²) in [5.41, 5.74) is 2.85. The monoisotopic (exact) mass is 474 g/mol. The van der Waals surface area contributed by atoms with E-state index < -0.39 is 0 Å². The number of anilines is 2. The van der Waals surface area contributed by atoms with Gasteiger partial charge in [-0.15, -0.1) is 0 Å². The van der Waals surface area contributed by atoms with Crippen molar-refractivity contribution in [1.29, 1.82) is 0 Å². The molecule has 0 saturated heterocycles. The van der Waals surface area contributed by atoms with Crippen LogP contribution in [0.3, 0.4) is 0 Å². The van der Waals surface area contributed by atoms with E-state index in [0.717, 1.165) is 37.3 Å². The van der Waals surface area contributed by atoms with Gasteiger partial charge in [-0.25, -0.2) is 0 Å². The summed E-state index contributed by atoms with van der Waals surface area (Å²) in [5.74, 6) is 1.41. The lowest BCUT2D eigenvalue weighted by Gasteiger charge is -2.13. The summed E-state index contributed by atoms with van der Waals surface area (Å²) < 4.78 is 11.7. The molecule has 2 N–H and O–H groups in total. The lowest BCUT2D eigenvalue weighted by atomic mass is 10.1. The smallest absolute Gasteiger partial charge is 0.243 e. The van der Waals surface area contributed by atoms with E-state index in [1.165, 1.54) is 31.2 Å². The van der Waals surface area contributed by atoms with Crippen LogP contribution in [0.1, 0.15) is 51.0 Å². The fourth-order valence-electron chi connectivity index (χ4n) is 3.74. The predicted octanol–water partition coefficient (Wildman–Crippen LogP) is 7.10. The van der Waals surface area contributed by atoms with E-state index in [4.69, 9.17) is 9.47 Å². The number of amides is 1. The second-order valence-corrected chi connectivity index (χ2v) is 8.62. The first kappa shape index (κ1) is 26.1. The molecule has 0 atom stereocenters. The summed E-state index contributed by atoms with van der Waals surface area (Å²) >= 11 is 0. The van der Waals surface area contributed by atoms with Crippen molar-refractivity contribution in [3.05, 3.63) is 84.4 Å². The molecule has 0 bridgehead atoms. The maximum absolute atomic E-state index is 12.5. The summed E-state index contributed by atoms with van der Waals surface area (Å²) in [5, 5.41) is 6.11. The van der Waals surface area contributed by atoms with E-state index in [9.17, 15) is 4.79 Å². The lowest BCUT2D eigenvalue weighted by molar-refractivity contribution is -0.114. The summed E-state index contributed by atoms with van der Waals surface area (Å²) in [7, 11) is 0. The van der Waals surface area contributed by atoms with Crippen LogP contribution in [-0.2, 0) is 11.2 Å². The van der Waals surface area contributed by atoms with Gasteiger partial charge < -0.3 is 20.1 Å². The Bertz CT molecular complexity index is 990. The highest BCUT2D eigenvalue weighted by Crippen LogP contribution is 2.24. The molecule has 0 unspecified atom stereocenters. The normalized spacial score (nSPS) is 10.5. The fraction of sp³-hybridized carbons (Fsp3) is 0.367. The van der Waals surface area contributed by atoms with Crippen molar-refractivity contribution < 1.29 is 14.3 Å². The number of ether oxygens (including phenoxy) is 2. The SMILES string of the molecule is CCCCCCCOc1ccc(NCC(=O)Nc2ccccc2OCCCc2ccccc2)cc1. The Labute approximate surface area is 209 Å². The quantitative estimate of drug-likeness (QED) is 0.217. The Morgan fingerprint density at radius 2 is 1.46 bits per heavy atom. The van der Waals surface area contributed by atoms with Crippen LogP contribution in [0.25, 0.3) is 0 Å². The van der Waals surface area contributed by atoms with Gasteiger partial charge in [0.1, 0.15) is 11.5 Å². The zero-order chi connectivity index (χ0) is 24.6. The van der Waals surface area contributed by atoms with Crippen LogP contribution in [0.15, 0.2) is 78.9 Å². The van der Waals surface area contributed by atoms with Gasteiger partial charge in [-0.2, -0.15) is 0 Å². The highest BCUT2D eigenvalue weighted by atomic mass is 16.5. The average molecular weight is 475 g/mol. The molecule has 1 amide bonds. The number of nitrogens with one attached hydrogen (secondary N) is 2. The highest BCUT2D eigenvalue weighted by molar-refractivity contribution is 5.95. The summed E-state index contributed by atoms with van der Waals surface area (Å²) in [6.07, 6.45) is 7.98. The van der Waals surface area contributed by atoms with E-state index in [2.05, 4.69) is 29.7 Å². The lowest BCUT2D eigenvalue weighted by Crippen LogP contribution is -2.22. The molecule has 35 heavy (non-hydrogen) atoms. The van der Waals surface area contributed by atoms with Gasteiger partial charge in [0.25, 0.3) is 0 Å². The van der Waals surface area contributed by atoms with Gasteiger partial charge in [0.05, 0.1) is 25.4 Å². The maximum Gasteiger partial charge on any atom is 0.243 e. The predicted molar refractivity (Wildman–Crippen MR) is 145 cm³/mol. The number of hydrogen-bond donors (Lipinski definition) is 2. The van der Waals surface area contributed by atoms with Crippen molar-refractivity contribution in [3.8, 4) is 11.5 Å². The van der Waals surface area contributed by atoms with Crippen LogP contribution in [0.4, 0.5) is 11.4 Å². The molecule has 0 aliphatic carbocycles. The van der Waals surface area contributed by atoms with Gasteiger partial charge in [-0.1, -0.05) is 75.1 Å². The molecule has 0 fully saturated rings. The molecule has 0 heterocycles. The number of rotatable bonds is 16. The van der Waals surface area contributed by atoms with Crippen molar-refractivity contribution in [2.75, 3.05) is 30.4 Å². The van der Waals surface area contributed by atoms with Crippen LogP contribution in [0.2, 0.25) is 0 Å². The largest absolute Gasteiger partial charge is 0.494 e. The minimum atomic E-state index is -0.127. The molecule has 0 aliphatic rings. The molecular formula is C30H38N2O3. The molecule has 0 radical (unpaired) electrons. The molecule has 0 saturated carbocycles. The van der Waals surface area contributed by atoms with Gasteiger partial charge in [-0.05, 0) is 61.2 Å². The minimum Gasteiger partial charge on any atom is -0.494 e. The number of carbonyl (C=O) groups excluding carboxylic acids is 1. The van der Waals surface area contributed by atoms with E-state index >= 15 is 0 Å². The second kappa shape index (κ2) is 15.4. The third-order valence-electron chi connectivity index (χ3n) is 5.70. The van der Waals surface area contributed by atoms with E-state index in [1.54, 1.807) is 0 Å². The standard InChI is InChI=1S/C30H38N2O3/c1-2-3-4-5-11-22-34-27-20-18-26(19-21-27)31-24-30(33)32-28-16-9-10-17-29(28)35-23-12-15-25-13-7-6-8-14-25/h6-10,13-14,16-21,31H,2-5,11-12,15,22-24H2,1H3,(H,32,33). The Kier molecular flexibility index (Phi) is 11.5. The number of carbonyl (C=O) groups is 1. The van der Waals surface area contributed by atoms with Crippen molar-refractivity contribution in [2.24, 2.45) is 0 Å². The van der Waals surface area contributed by atoms with Crippen molar-refractivity contribution in [3.63, 3.8) is 0 Å². The molecule has 0 spiro atoms. The molecule has 0 aliphatic heterocycles. The fourth-order valence-corrected chi connectivity index (χ4v) is 3.74. The van der Waals surface area contributed by atoms with E-state index in [-0.39, 0.29) is 12.5 Å². The summed E-state index contributed by atoms with van der Waals surface area (Å²) in [6, 6.07) is 25.7. The van der Waals surface area contributed by atoms with Crippen LogP contribution >= 0.6 is 0 Å². The van der Waals surface area contributed by atoms with E-state index in [1.807, 2.05) is 66.7 Å². The third kappa shape index (κ3) is 10.1. The summed E-state index contributed by atoms with van der Waals surface area (Å²) in [6.45, 7) is 3.72. The van der Waals surface area contributed by atoms with Crippen LogP contribution in [0, 0.1) is 0 Å². The Morgan fingerprint density at radius 1 is 0.743 bits per heavy atom. The molecule has 5 heteroatoms. The Morgan fingerprint density at radius 3 is 2.26 bits per heavy atom. The van der Waals surface area contributed by atoms with Crippen LogP contribution in [-0.4, -0.2) is 25.7 Å². The minimum absolute atomic E-state index is 0.127. The van der Waals surface area contributed by atoms with Crippen molar-refractivity contribution >= 4 is 17.3 Å². The van der Waals surface area contributed by atoms with Crippen LogP contribution < -0.4 is 20.1 Å². The van der Waals surface area contributed by atoms with Gasteiger partial charge in [-0.3, -0.25) is 4.79 Å². The molecule has 3 aromatic rings. The molecule has 5 nitrogen and oxygen atoms in total. The number of aryl methyl sites for hydroxylation is 1. The maximum atomic E-state index is 12.5. The molecule has 0 aromatic heterocycles. The summed E-state index contributed by atoms with van der Waals surface area (Å²) in [4.78, 5) is 12.5. The number of hydrogen-bond acceptors (Lipinski definition) is 4. The van der Waals surface area contributed by atoms with Gasteiger partial charge in [0.2, 0.25) is 5.91 Å². The Hall–Kier alpha value is -3.47. The topological polar surface area (TPSA) is 59.6 Å². The zero-order valence-electron chi connectivity index (χ0n) is 20.8.